The van der Waals surface area contributed by atoms with Crippen molar-refractivity contribution in [2.24, 2.45) is 0 Å². The van der Waals surface area contributed by atoms with Crippen molar-refractivity contribution >= 4 is 16.1 Å². The van der Waals surface area contributed by atoms with E-state index in [2.05, 4.69) is 19.1 Å². The molecular formula is C21H40O5S. The highest BCUT2D eigenvalue weighted by Gasteiger charge is 2.49. The van der Waals surface area contributed by atoms with Gasteiger partial charge in [0.1, 0.15) is 0 Å². The van der Waals surface area contributed by atoms with E-state index in [0.29, 0.717) is 12.8 Å². The first kappa shape index (κ1) is 26.1. The number of rotatable bonds is 18. The molecule has 0 aliphatic rings. The fourth-order valence-electron chi connectivity index (χ4n) is 3.42. The van der Waals surface area contributed by atoms with Crippen molar-refractivity contribution in [3.05, 3.63) is 12.2 Å². The molecule has 0 heterocycles. The summed E-state index contributed by atoms with van der Waals surface area (Å²) in [7, 11) is -4.62. The third kappa shape index (κ3) is 10.9. The molecule has 1 unspecified atom stereocenters. The second kappa shape index (κ2) is 15.1. The monoisotopic (exact) mass is 404 g/mol. The molecule has 0 amide bonds. The van der Waals surface area contributed by atoms with Crippen molar-refractivity contribution in [1.29, 1.82) is 0 Å². The summed E-state index contributed by atoms with van der Waals surface area (Å²) < 4.78 is 30.6. The molecule has 0 radical (unpaired) electrons. The molecule has 0 bridgehead atoms. The van der Waals surface area contributed by atoms with Crippen LogP contribution in [0, 0.1) is 0 Å². The average molecular weight is 405 g/mol. The SMILES string of the molecule is CCCCCCCCC=CCCCCCCC(CCC)(C(=O)O)S(=O)(=O)O. The molecule has 0 fully saturated rings. The number of hydrogen-bond acceptors (Lipinski definition) is 3. The molecule has 0 aliphatic carbocycles. The van der Waals surface area contributed by atoms with E-state index < -0.39 is 20.8 Å². The topological polar surface area (TPSA) is 91.7 Å². The molecule has 0 rings (SSSR count). The van der Waals surface area contributed by atoms with Gasteiger partial charge in [-0.2, -0.15) is 8.42 Å². The molecule has 27 heavy (non-hydrogen) atoms. The maximum Gasteiger partial charge on any atom is 0.327 e. The van der Waals surface area contributed by atoms with Gasteiger partial charge in [0.05, 0.1) is 0 Å². The third-order valence-corrected chi connectivity index (χ3v) is 6.70. The molecule has 0 spiro atoms. The van der Waals surface area contributed by atoms with Crippen LogP contribution in [0.5, 0.6) is 0 Å². The first-order valence-corrected chi connectivity index (χ1v) is 12.1. The van der Waals surface area contributed by atoms with E-state index in [9.17, 15) is 22.9 Å². The van der Waals surface area contributed by atoms with Gasteiger partial charge in [-0.3, -0.25) is 9.35 Å². The maximum absolute atomic E-state index is 11.6. The molecule has 0 aromatic carbocycles. The quantitative estimate of drug-likeness (QED) is 0.162. The molecule has 0 aromatic rings. The van der Waals surface area contributed by atoms with Crippen LogP contribution in [0.25, 0.3) is 0 Å². The second-order valence-electron chi connectivity index (χ2n) is 7.51. The van der Waals surface area contributed by atoms with E-state index in [1.54, 1.807) is 6.92 Å². The minimum Gasteiger partial charge on any atom is -0.480 e. The third-order valence-electron chi connectivity index (χ3n) is 5.13. The van der Waals surface area contributed by atoms with Crippen molar-refractivity contribution in [1.82, 2.24) is 0 Å². The van der Waals surface area contributed by atoms with Crippen molar-refractivity contribution < 1.29 is 22.9 Å². The molecule has 1 atom stereocenters. The Hall–Kier alpha value is -0.880. The normalized spacial score (nSPS) is 14.5. The number of unbranched alkanes of at least 4 members (excludes halogenated alkanes) is 10. The Labute approximate surface area is 166 Å². The lowest BCUT2D eigenvalue weighted by Gasteiger charge is -2.25. The molecular weight excluding hydrogens is 364 g/mol. The van der Waals surface area contributed by atoms with Gasteiger partial charge in [-0.1, -0.05) is 83.8 Å². The van der Waals surface area contributed by atoms with Crippen molar-refractivity contribution in [3.8, 4) is 0 Å². The molecule has 0 aliphatic heterocycles. The Morgan fingerprint density at radius 1 is 0.778 bits per heavy atom. The van der Waals surface area contributed by atoms with Gasteiger partial charge in [-0.25, -0.2) is 0 Å². The zero-order valence-corrected chi connectivity index (χ0v) is 18.1. The first-order valence-electron chi connectivity index (χ1n) is 10.7. The van der Waals surface area contributed by atoms with Crippen molar-refractivity contribution in [3.63, 3.8) is 0 Å². The average Bonchev–Trinajstić information content (AvgIpc) is 2.59. The lowest BCUT2D eigenvalue weighted by atomic mass is 9.95. The molecule has 5 nitrogen and oxygen atoms in total. The molecule has 2 N–H and O–H groups in total. The molecule has 0 saturated heterocycles. The van der Waals surface area contributed by atoms with Gasteiger partial charge < -0.3 is 5.11 Å². The number of allylic oxidation sites excluding steroid dienone is 2. The van der Waals surface area contributed by atoms with Crippen LogP contribution in [-0.2, 0) is 14.9 Å². The lowest BCUT2D eigenvalue weighted by Crippen LogP contribution is -2.46. The van der Waals surface area contributed by atoms with Crippen LogP contribution in [0.2, 0.25) is 0 Å². The smallest absolute Gasteiger partial charge is 0.327 e. The van der Waals surface area contributed by atoms with Crippen LogP contribution in [-0.4, -0.2) is 28.8 Å². The van der Waals surface area contributed by atoms with Gasteiger partial charge >= 0.3 is 5.97 Å². The largest absolute Gasteiger partial charge is 0.480 e. The zero-order chi connectivity index (χ0) is 20.6. The molecule has 0 saturated carbocycles. The summed E-state index contributed by atoms with van der Waals surface area (Å²) in [6.45, 7) is 3.95. The molecule has 0 aromatic heterocycles. The van der Waals surface area contributed by atoms with Crippen LogP contribution in [0.3, 0.4) is 0 Å². The van der Waals surface area contributed by atoms with E-state index in [4.69, 9.17) is 0 Å². The minimum absolute atomic E-state index is 0.0249. The van der Waals surface area contributed by atoms with E-state index in [0.717, 1.165) is 32.1 Å². The summed E-state index contributed by atoms with van der Waals surface area (Å²) in [5.41, 5.74) is 0. The Bertz CT molecular complexity index is 513. The Morgan fingerprint density at radius 3 is 1.70 bits per heavy atom. The fourth-order valence-corrected chi connectivity index (χ4v) is 4.50. The number of carboxylic acids is 1. The summed E-state index contributed by atoms with van der Waals surface area (Å²) in [4.78, 5) is 11.5. The van der Waals surface area contributed by atoms with Gasteiger partial charge in [0.25, 0.3) is 10.1 Å². The van der Waals surface area contributed by atoms with E-state index in [1.165, 1.54) is 38.5 Å². The maximum atomic E-state index is 11.6. The number of carboxylic acid groups (broad SMARTS) is 1. The van der Waals surface area contributed by atoms with E-state index in [1.807, 2.05) is 0 Å². The standard InChI is InChI=1S/C21H40O5S/c1-3-5-6-7-8-9-10-11-12-13-14-15-16-17-19-21(18-4-2,20(22)23)27(24,25)26/h11-12H,3-10,13-19H2,1-2H3,(H,22,23)(H,24,25,26). The molecule has 160 valence electrons. The second-order valence-corrected chi connectivity index (χ2v) is 9.24. The predicted molar refractivity (Wildman–Crippen MR) is 112 cm³/mol. The van der Waals surface area contributed by atoms with Crippen LogP contribution in [0.1, 0.15) is 110 Å². The highest BCUT2D eigenvalue weighted by Crippen LogP contribution is 2.30. The van der Waals surface area contributed by atoms with Gasteiger partial charge in [0, 0.05) is 0 Å². The Morgan fingerprint density at radius 2 is 1.26 bits per heavy atom. The van der Waals surface area contributed by atoms with Gasteiger partial charge in [-0.05, 0) is 38.5 Å². The highest BCUT2D eigenvalue weighted by molar-refractivity contribution is 7.88. The van der Waals surface area contributed by atoms with E-state index >= 15 is 0 Å². The van der Waals surface area contributed by atoms with Crippen LogP contribution in [0.15, 0.2) is 12.2 Å². The van der Waals surface area contributed by atoms with Crippen molar-refractivity contribution in [2.75, 3.05) is 0 Å². The van der Waals surface area contributed by atoms with Crippen LogP contribution in [0.4, 0.5) is 0 Å². The summed E-state index contributed by atoms with van der Waals surface area (Å²) >= 11 is 0. The van der Waals surface area contributed by atoms with Crippen molar-refractivity contribution in [2.45, 2.75) is 115 Å². The predicted octanol–water partition coefficient (Wildman–Crippen LogP) is 6.15. The summed E-state index contributed by atoms with van der Waals surface area (Å²) in [5.74, 6) is -1.44. The minimum atomic E-state index is -4.62. The number of hydrogen-bond donors (Lipinski definition) is 2. The summed E-state index contributed by atoms with van der Waals surface area (Å²) in [6.07, 6.45) is 18.0. The number of carbonyl (C=O) groups is 1. The van der Waals surface area contributed by atoms with Gasteiger partial charge in [0.2, 0.25) is 0 Å². The Kier molecular flexibility index (Phi) is 14.6. The highest BCUT2D eigenvalue weighted by atomic mass is 32.2. The van der Waals surface area contributed by atoms with Gasteiger partial charge in [-0.15, -0.1) is 0 Å². The first-order chi connectivity index (χ1) is 12.8. The summed E-state index contributed by atoms with van der Waals surface area (Å²) in [6, 6.07) is 0. The van der Waals surface area contributed by atoms with Crippen LogP contribution >= 0.6 is 0 Å². The van der Waals surface area contributed by atoms with E-state index in [-0.39, 0.29) is 12.8 Å². The number of aliphatic carboxylic acids is 1. The Balaban J connectivity index is 3.91. The lowest BCUT2D eigenvalue weighted by molar-refractivity contribution is -0.140. The zero-order valence-electron chi connectivity index (χ0n) is 17.3. The molecule has 6 heteroatoms. The van der Waals surface area contributed by atoms with Crippen LogP contribution < -0.4 is 0 Å². The fraction of sp³-hybridized carbons (Fsp3) is 0.857. The van der Waals surface area contributed by atoms with Gasteiger partial charge in [0.15, 0.2) is 4.75 Å². The summed E-state index contributed by atoms with van der Waals surface area (Å²) in [5, 5.41) is 9.35.